The first-order chi connectivity index (χ1) is 6.36. The Morgan fingerprint density at radius 1 is 1.15 bits per heavy atom. The zero-order valence-corrected chi connectivity index (χ0v) is 8.00. The van der Waals surface area contributed by atoms with Gasteiger partial charge in [0.05, 0.1) is 13.2 Å². The van der Waals surface area contributed by atoms with Gasteiger partial charge in [-0.3, -0.25) is 9.69 Å². The van der Waals surface area contributed by atoms with Crippen molar-refractivity contribution in [2.75, 3.05) is 26.3 Å². The third kappa shape index (κ3) is 2.29. The van der Waals surface area contributed by atoms with Crippen LogP contribution in [0.1, 0.15) is 25.7 Å². The third-order valence-electron chi connectivity index (χ3n) is 3.07. The fourth-order valence-corrected chi connectivity index (χ4v) is 2.23. The molecule has 0 aromatic carbocycles. The zero-order valence-electron chi connectivity index (χ0n) is 8.00. The second kappa shape index (κ2) is 4.20. The zero-order chi connectivity index (χ0) is 9.10. The maximum atomic E-state index is 11.0. The minimum Gasteiger partial charge on any atom is -0.379 e. The summed E-state index contributed by atoms with van der Waals surface area (Å²) in [5, 5.41) is 0. The minimum absolute atomic E-state index is 0.449. The lowest BCUT2D eigenvalue weighted by molar-refractivity contribution is -0.121. The van der Waals surface area contributed by atoms with Crippen molar-refractivity contribution < 1.29 is 9.53 Å². The lowest BCUT2D eigenvalue weighted by atomic mass is 9.93. The standard InChI is InChI=1S/C10H17NO2/c12-10-3-1-9(2-4-10)11-5-7-13-8-6-11/h9H,1-8H2. The maximum absolute atomic E-state index is 11.0. The van der Waals surface area contributed by atoms with Gasteiger partial charge in [0.25, 0.3) is 0 Å². The Morgan fingerprint density at radius 2 is 1.77 bits per heavy atom. The molecule has 3 nitrogen and oxygen atoms in total. The minimum atomic E-state index is 0.449. The van der Waals surface area contributed by atoms with Crippen molar-refractivity contribution in [3.63, 3.8) is 0 Å². The summed E-state index contributed by atoms with van der Waals surface area (Å²) in [5.41, 5.74) is 0. The Kier molecular flexibility index (Phi) is 2.96. The molecule has 1 aliphatic heterocycles. The first-order valence-corrected chi connectivity index (χ1v) is 5.20. The number of nitrogens with zero attached hydrogens (tertiary/aromatic N) is 1. The van der Waals surface area contributed by atoms with Crippen LogP contribution in [-0.4, -0.2) is 43.0 Å². The number of ketones is 1. The van der Waals surface area contributed by atoms with Crippen LogP contribution in [0.3, 0.4) is 0 Å². The molecule has 0 amide bonds. The van der Waals surface area contributed by atoms with Crippen LogP contribution in [0, 0.1) is 0 Å². The van der Waals surface area contributed by atoms with Crippen LogP contribution in [0.25, 0.3) is 0 Å². The summed E-state index contributed by atoms with van der Waals surface area (Å²) in [6.07, 6.45) is 3.72. The van der Waals surface area contributed by atoms with E-state index in [9.17, 15) is 4.79 Å². The average Bonchev–Trinajstić information content (AvgIpc) is 2.20. The molecular weight excluding hydrogens is 166 g/mol. The normalized spacial score (nSPS) is 27.8. The summed E-state index contributed by atoms with van der Waals surface area (Å²) in [5.74, 6) is 0.449. The molecule has 2 rings (SSSR count). The van der Waals surface area contributed by atoms with Gasteiger partial charge in [0, 0.05) is 32.0 Å². The van der Waals surface area contributed by atoms with Crippen molar-refractivity contribution in [3.05, 3.63) is 0 Å². The summed E-state index contributed by atoms with van der Waals surface area (Å²) < 4.78 is 5.30. The van der Waals surface area contributed by atoms with Gasteiger partial charge < -0.3 is 4.74 Å². The Hall–Kier alpha value is -0.410. The summed E-state index contributed by atoms with van der Waals surface area (Å²) in [6, 6.07) is 0.654. The Bertz CT molecular complexity index is 177. The molecule has 0 N–H and O–H groups in total. The fourth-order valence-electron chi connectivity index (χ4n) is 2.23. The van der Waals surface area contributed by atoms with E-state index < -0.39 is 0 Å². The molecule has 13 heavy (non-hydrogen) atoms. The largest absolute Gasteiger partial charge is 0.379 e. The predicted molar refractivity (Wildman–Crippen MR) is 49.7 cm³/mol. The van der Waals surface area contributed by atoms with Crippen LogP contribution < -0.4 is 0 Å². The Morgan fingerprint density at radius 3 is 2.38 bits per heavy atom. The summed E-state index contributed by atoms with van der Waals surface area (Å²) in [6.45, 7) is 3.84. The second-order valence-corrected chi connectivity index (χ2v) is 3.92. The SMILES string of the molecule is O=C1CCC(N2CCOCC2)CC1. The van der Waals surface area contributed by atoms with E-state index in [2.05, 4.69) is 4.90 Å². The van der Waals surface area contributed by atoms with Gasteiger partial charge in [-0.1, -0.05) is 0 Å². The third-order valence-corrected chi connectivity index (χ3v) is 3.07. The molecule has 2 fully saturated rings. The number of carbonyl (C=O) groups excluding carboxylic acids is 1. The number of rotatable bonds is 1. The molecule has 3 heteroatoms. The highest BCUT2D eigenvalue weighted by atomic mass is 16.5. The number of hydrogen-bond acceptors (Lipinski definition) is 3. The molecule has 0 radical (unpaired) electrons. The molecule has 1 heterocycles. The van der Waals surface area contributed by atoms with Gasteiger partial charge in [-0.05, 0) is 12.8 Å². The molecule has 2 aliphatic rings. The van der Waals surface area contributed by atoms with E-state index in [4.69, 9.17) is 4.74 Å². The van der Waals surface area contributed by atoms with E-state index in [1.165, 1.54) is 0 Å². The van der Waals surface area contributed by atoms with Crippen molar-refractivity contribution in [1.29, 1.82) is 0 Å². The molecule has 0 spiro atoms. The van der Waals surface area contributed by atoms with E-state index in [1.54, 1.807) is 0 Å². The number of ether oxygens (including phenoxy) is 1. The van der Waals surface area contributed by atoms with Crippen molar-refractivity contribution >= 4 is 5.78 Å². The molecule has 1 saturated heterocycles. The van der Waals surface area contributed by atoms with Crippen LogP contribution >= 0.6 is 0 Å². The summed E-state index contributed by atoms with van der Waals surface area (Å²) in [7, 11) is 0. The molecular formula is C10H17NO2. The van der Waals surface area contributed by atoms with Gasteiger partial charge in [0.1, 0.15) is 5.78 Å². The first kappa shape index (κ1) is 9.16. The lowest BCUT2D eigenvalue weighted by Crippen LogP contribution is -2.45. The van der Waals surface area contributed by atoms with E-state index in [0.717, 1.165) is 52.0 Å². The average molecular weight is 183 g/mol. The molecule has 0 atom stereocenters. The molecule has 0 aromatic heterocycles. The Labute approximate surface area is 79.0 Å². The highest BCUT2D eigenvalue weighted by Gasteiger charge is 2.25. The Balaban J connectivity index is 1.82. The van der Waals surface area contributed by atoms with Gasteiger partial charge in [0.2, 0.25) is 0 Å². The van der Waals surface area contributed by atoms with Gasteiger partial charge in [-0.25, -0.2) is 0 Å². The highest BCUT2D eigenvalue weighted by molar-refractivity contribution is 5.79. The van der Waals surface area contributed by atoms with Crippen LogP contribution in [-0.2, 0) is 9.53 Å². The van der Waals surface area contributed by atoms with Gasteiger partial charge in [-0.15, -0.1) is 0 Å². The number of hydrogen-bond donors (Lipinski definition) is 0. The van der Waals surface area contributed by atoms with Gasteiger partial charge in [0.15, 0.2) is 0 Å². The fraction of sp³-hybridized carbons (Fsp3) is 0.900. The molecule has 1 saturated carbocycles. The predicted octanol–water partition coefficient (Wildman–Crippen LogP) is 0.830. The quantitative estimate of drug-likeness (QED) is 0.603. The number of Topliss-reactive ketones (excluding diaryl/α,β-unsaturated/α-hetero) is 1. The maximum Gasteiger partial charge on any atom is 0.133 e. The van der Waals surface area contributed by atoms with Crippen LogP contribution in [0.2, 0.25) is 0 Å². The van der Waals surface area contributed by atoms with Crippen molar-refractivity contribution in [1.82, 2.24) is 4.90 Å². The van der Waals surface area contributed by atoms with Crippen LogP contribution in [0.4, 0.5) is 0 Å². The summed E-state index contributed by atoms with van der Waals surface area (Å²) >= 11 is 0. The number of carbonyl (C=O) groups is 1. The molecule has 1 aliphatic carbocycles. The monoisotopic (exact) mass is 183 g/mol. The summed E-state index contributed by atoms with van der Waals surface area (Å²) in [4.78, 5) is 13.5. The first-order valence-electron chi connectivity index (χ1n) is 5.20. The molecule has 74 valence electrons. The smallest absolute Gasteiger partial charge is 0.133 e. The van der Waals surface area contributed by atoms with E-state index in [-0.39, 0.29) is 0 Å². The molecule has 0 aromatic rings. The second-order valence-electron chi connectivity index (χ2n) is 3.92. The van der Waals surface area contributed by atoms with Crippen molar-refractivity contribution in [2.45, 2.75) is 31.7 Å². The van der Waals surface area contributed by atoms with Crippen LogP contribution in [0.15, 0.2) is 0 Å². The molecule has 0 bridgehead atoms. The van der Waals surface area contributed by atoms with Crippen LogP contribution in [0.5, 0.6) is 0 Å². The van der Waals surface area contributed by atoms with E-state index in [1.807, 2.05) is 0 Å². The van der Waals surface area contributed by atoms with E-state index in [0.29, 0.717) is 11.8 Å². The topological polar surface area (TPSA) is 29.5 Å². The highest BCUT2D eigenvalue weighted by Crippen LogP contribution is 2.20. The van der Waals surface area contributed by atoms with Crippen molar-refractivity contribution in [2.24, 2.45) is 0 Å². The van der Waals surface area contributed by atoms with E-state index >= 15 is 0 Å². The van der Waals surface area contributed by atoms with Gasteiger partial charge >= 0.3 is 0 Å². The van der Waals surface area contributed by atoms with Gasteiger partial charge in [-0.2, -0.15) is 0 Å². The lowest BCUT2D eigenvalue weighted by Gasteiger charge is -2.36. The number of morpholine rings is 1. The molecule has 0 unspecified atom stereocenters. The van der Waals surface area contributed by atoms with Crippen molar-refractivity contribution in [3.8, 4) is 0 Å².